The summed E-state index contributed by atoms with van der Waals surface area (Å²) in [4.78, 5) is 0. The summed E-state index contributed by atoms with van der Waals surface area (Å²) in [6.45, 7) is -0.205. The van der Waals surface area contributed by atoms with Crippen LogP contribution in [0.4, 0.5) is 17.6 Å². The van der Waals surface area contributed by atoms with Crippen LogP contribution in [0.15, 0.2) is 18.2 Å². The molecule has 98 valence electrons. The van der Waals surface area contributed by atoms with Gasteiger partial charge >= 0.3 is 6.18 Å². The molecular formula is C10H12ClF4NO. The molecule has 1 aromatic carbocycles. The van der Waals surface area contributed by atoms with Gasteiger partial charge in [-0.05, 0) is 24.1 Å². The molecule has 2 nitrogen and oxygen atoms in total. The Morgan fingerprint density at radius 3 is 2.29 bits per heavy atom. The Balaban J connectivity index is 0.00000256. The second kappa shape index (κ2) is 6.18. The highest BCUT2D eigenvalue weighted by Gasteiger charge is 2.34. The van der Waals surface area contributed by atoms with Gasteiger partial charge in [-0.1, -0.05) is 6.07 Å². The van der Waals surface area contributed by atoms with E-state index in [-0.39, 0.29) is 31.0 Å². The number of aliphatic hydroxyl groups excluding tert-OH is 1. The lowest BCUT2D eigenvalue weighted by Crippen LogP contribution is -2.14. The first-order valence-corrected chi connectivity index (χ1v) is 4.59. The molecule has 0 aliphatic rings. The molecule has 1 atom stereocenters. The molecule has 7 heteroatoms. The molecule has 0 aliphatic carbocycles. The largest absolute Gasteiger partial charge is 0.419 e. The van der Waals surface area contributed by atoms with Crippen molar-refractivity contribution in [2.75, 3.05) is 6.61 Å². The van der Waals surface area contributed by atoms with Crippen molar-refractivity contribution in [3.8, 4) is 0 Å². The van der Waals surface area contributed by atoms with E-state index in [2.05, 4.69) is 0 Å². The molecule has 1 aromatic rings. The van der Waals surface area contributed by atoms with E-state index < -0.39 is 23.6 Å². The Bertz CT molecular complexity index is 370. The molecule has 0 saturated carbocycles. The zero-order valence-corrected chi connectivity index (χ0v) is 9.48. The number of hydrogen-bond donors (Lipinski definition) is 2. The lowest BCUT2D eigenvalue weighted by atomic mass is 10.0. The van der Waals surface area contributed by atoms with Crippen LogP contribution in [0, 0.1) is 5.82 Å². The SMILES string of the molecule is Cl.NC(CCO)c1ccc(C(F)(F)F)c(F)c1. The molecule has 0 fully saturated rings. The normalized spacial score (nSPS) is 13.1. The van der Waals surface area contributed by atoms with Crippen molar-refractivity contribution in [3.63, 3.8) is 0 Å². The molecule has 0 bridgehead atoms. The van der Waals surface area contributed by atoms with Crippen molar-refractivity contribution in [3.05, 3.63) is 35.1 Å². The van der Waals surface area contributed by atoms with E-state index in [1.807, 2.05) is 0 Å². The fourth-order valence-electron chi connectivity index (χ4n) is 1.30. The van der Waals surface area contributed by atoms with E-state index in [1.54, 1.807) is 0 Å². The van der Waals surface area contributed by atoms with Gasteiger partial charge in [0.2, 0.25) is 0 Å². The van der Waals surface area contributed by atoms with Gasteiger partial charge in [-0.25, -0.2) is 4.39 Å². The zero-order valence-electron chi connectivity index (χ0n) is 8.67. The molecule has 0 amide bonds. The van der Waals surface area contributed by atoms with Crippen LogP contribution in [0.5, 0.6) is 0 Å². The van der Waals surface area contributed by atoms with Gasteiger partial charge in [-0.3, -0.25) is 0 Å². The van der Waals surface area contributed by atoms with Crippen molar-refractivity contribution in [1.82, 2.24) is 0 Å². The summed E-state index contributed by atoms with van der Waals surface area (Å²) in [7, 11) is 0. The third-order valence-electron chi connectivity index (χ3n) is 2.17. The summed E-state index contributed by atoms with van der Waals surface area (Å²) >= 11 is 0. The standard InChI is InChI=1S/C10H11F4NO.ClH/c11-8-5-6(9(15)3-4-16)1-2-7(8)10(12,13)14;/h1-2,5,9,16H,3-4,15H2;1H. The predicted octanol–water partition coefficient (Wildman–Crippen LogP) is 2.65. The molecule has 0 spiro atoms. The topological polar surface area (TPSA) is 46.2 Å². The van der Waals surface area contributed by atoms with Crippen LogP contribution < -0.4 is 5.73 Å². The molecule has 17 heavy (non-hydrogen) atoms. The maximum atomic E-state index is 13.1. The van der Waals surface area contributed by atoms with Crippen LogP contribution in [-0.2, 0) is 6.18 Å². The summed E-state index contributed by atoms with van der Waals surface area (Å²) in [5.41, 5.74) is 4.45. The predicted molar refractivity (Wildman–Crippen MR) is 57.3 cm³/mol. The number of hydrogen-bond acceptors (Lipinski definition) is 2. The van der Waals surface area contributed by atoms with E-state index in [0.717, 1.165) is 12.1 Å². The molecule has 0 saturated heterocycles. The number of rotatable bonds is 3. The first-order chi connectivity index (χ1) is 7.36. The van der Waals surface area contributed by atoms with Crippen molar-refractivity contribution >= 4 is 12.4 Å². The molecule has 1 rings (SSSR count). The minimum absolute atomic E-state index is 0. The molecule has 1 unspecified atom stereocenters. The van der Waals surface area contributed by atoms with Crippen LogP contribution in [0.2, 0.25) is 0 Å². The van der Waals surface area contributed by atoms with Crippen molar-refractivity contribution in [2.24, 2.45) is 5.73 Å². The average Bonchev–Trinajstić information content (AvgIpc) is 2.16. The van der Waals surface area contributed by atoms with Gasteiger partial charge in [-0.15, -0.1) is 12.4 Å². The maximum absolute atomic E-state index is 13.1. The van der Waals surface area contributed by atoms with Crippen LogP contribution in [0.1, 0.15) is 23.6 Å². The van der Waals surface area contributed by atoms with E-state index in [9.17, 15) is 17.6 Å². The highest BCUT2D eigenvalue weighted by molar-refractivity contribution is 5.85. The lowest BCUT2D eigenvalue weighted by Gasteiger charge is -2.13. The van der Waals surface area contributed by atoms with Gasteiger partial charge in [0.25, 0.3) is 0 Å². The average molecular weight is 274 g/mol. The highest BCUT2D eigenvalue weighted by atomic mass is 35.5. The Morgan fingerprint density at radius 1 is 1.29 bits per heavy atom. The Labute approximate surface area is 102 Å². The van der Waals surface area contributed by atoms with Gasteiger partial charge in [0.15, 0.2) is 0 Å². The van der Waals surface area contributed by atoms with Crippen molar-refractivity contribution in [2.45, 2.75) is 18.6 Å². The monoisotopic (exact) mass is 273 g/mol. The van der Waals surface area contributed by atoms with Gasteiger partial charge in [0.05, 0.1) is 5.56 Å². The number of halogens is 5. The second-order valence-electron chi connectivity index (χ2n) is 3.36. The summed E-state index contributed by atoms with van der Waals surface area (Å²) in [5, 5.41) is 8.60. The summed E-state index contributed by atoms with van der Waals surface area (Å²) in [5.74, 6) is -1.35. The van der Waals surface area contributed by atoms with Crippen molar-refractivity contribution in [1.29, 1.82) is 0 Å². The first kappa shape index (κ1) is 16.1. The number of aliphatic hydroxyl groups is 1. The van der Waals surface area contributed by atoms with E-state index in [1.165, 1.54) is 0 Å². The minimum Gasteiger partial charge on any atom is -0.396 e. The third kappa shape index (κ3) is 4.14. The maximum Gasteiger partial charge on any atom is 0.419 e. The quantitative estimate of drug-likeness (QED) is 0.832. The van der Waals surface area contributed by atoms with Gasteiger partial charge in [-0.2, -0.15) is 13.2 Å². The molecule has 0 aliphatic heterocycles. The highest BCUT2D eigenvalue weighted by Crippen LogP contribution is 2.32. The summed E-state index contributed by atoms with van der Waals surface area (Å²) in [6.07, 6.45) is -4.53. The van der Waals surface area contributed by atoms with Crippen molar-refractivity contribution < 1.29 is 22.7 Å². The summed E-state index contributed by atoms with van der Waals surface area (Å²) < 4.78 is 49.8. The lowest BCUT2D eigenvalue weighted by molar-refractivity contribution is -0.140. The van der Waals surface area contributed by atoms with E-state index in [0.29, 0.717) is 6.07 Å². The van der Waals surface area contributed by atoms with Crippen LogP contribution in [0.25, 0.3) is 0 Å². The van der Waals surface area contributed by atoms with Gasteiger partial charge < -0.3 is 10.8 Å². The molecule has 0 radical (unpaired) electrons. The van der Waals surface area contributed by atoms with E-state index in [4.69, 9.17) is 10.8 Å². The fourth-order valence-corrected chi connectivity index (χ4v) is 1.30. The molecule has 3 N–H and O–H groups in total. The van der Waals surface area contributed by atoms with E-state index >= 15 is 0 Å². The fraction of sp³-hybridized carbons (Fsp3) is 0.400. The second-order valence-corrected chi connectivity index (χ2v) is 3.36. The Hall–Kier alpha value is -0.850. The van der Waals surface area contributed by atoms with Crippen LogP contribution >= 0.6 is 12.4 Å². The first-order valence-electron chi connectivity index (χ1n) is 4.59. The Morgan fingerprint density at radius 2 is 1.88 bits per heavy atom. The molecular weight excluding hydrogens is 262 g/mol. The minimum atomic E-state index is -4.70. The summed E-state index contributed by atoms with van der Waals surface area (Å²) in [6, 6.07) is 1.86. The molecule has 0 heterocycles. The van der Waals surface area contributed by atoms with Crippen LogP contribution in [0.3, 0.4) is 0 Å². The number of benzene rings is 1. The van der Waals surface area contributed by atoms with Gasteiger partial charge in [0, 0.05) is 12.6 Å². The smallest absolute Gasteiger partial charge is 0.396 e. The van der Waals surface area contributed by atoms with Crippen LogP contribution in [-0.4, -0.2) is 11.7 Å². The Kier molecular flexibility index (Phi) is 5.87. The zero-order chi connectivity index (χ0) is 12.3. The molecule has 0 aromatic heterocycles. The number of alkyl halides is 3. The third-order valence-corrected chi connectivity index (χ3v) is 2.17. The van der Waals surface area contributed by atoms with Gasteiger partial charge in [0.1, 0.15) is 5.82 Å². The number of nitrogens with two attached hydrogens (primary N) is 1.